The standard InChI is InChI=1S/C14H12FN3O3/c1-7(2)13-16-11(17-21-13)6-18-10-5-8(15)3-4-9(10)12(19)14(18)20/h3-5,7H,6H2,1-2H3. The Labute approximate surface area is 119 Å². The summed E-state index contributed by atoms with van der Waals surface area (Å²) in [6.45, 7) is 3.76. The van der Waals surface area contributed by atoms with Crippen LogP contribution in [-0.4, -0.2) is 21.8 Å². The van der Waals surface area contributed by atoms with E-state index in [9.17, 15) is 14.0 Å². The van der Waals surface area contributed by atoms with Crippen molar-refractivity contribution in [1.82, 2.24) is 10.1 Å². The van der Waals surface area contributed by atoms with E-state index >= 15 is 0 Å². The Morgan fingerprint density at radius 2 is 2.10 bits per heavy atom. The van der Waals surface area contributed by atoms with Crippen LogP contribution in [0.15, 0.2) is 22.7 Å². The Morgan fingerprint density at radius 1 is 1.33 bits per heavy atom. The van der Waals surface area contributed by atoms with Crippen LogP contribution in [0.25, 0.3) is 0 Å². The van der Waals surface area contributed by atoms with Crippen molar-refractivity contribution in [2.45, 2.75) is 26.3 Å². The summed E-state index contributed by atoms with van der Waals surface area (Å²) in [5.41, 5.74) is 0.426. The van der Waals surface area contributed by atoms with E-state index in [0.29, 0.717) is 5.89 Å². The maximum atomic E-state index is 13.3. The molecule has 0 bridgehead atoms. The first-order valence-corrected chi connectivity index (χ1v) is 6.45. The van der Waals surface area contributed by atoms with Crippen LogP contribution in [-0.2, 0) is 11.3 Å². The number of hydrogen-bond acceptors (Lipinski definition) is 5. The lowest BCUT2D eigenvalue weighted by molar-refractivity contribution is -0.114. The second kappa shape index (κ2) is 4.76. The van der Waals surface area contributed by atoms with Crippen LogP contribution in [0, 0.1) is 5.82 Å². The van der Waals surface area contributed by atoms with Crippen molar-refractivity contribution in [3.8, 4) is 0 Å². The average molecular weight is 289 g/mol. The molecule has 0 saturated heterocycles. The van der Waals surface area contributed by atoms with Gasteiger partial charge in [-0.1, -0.05) is 19.0 Å². The third kappa shape index (κ3) is 2.20. The molecule has 0 aliphatic carbocycles. The van der Waals surface area contributed by atoms with Crippen molar-refractivity contribution in [3.05, 3.63) is 41.3 Å². The lowest BCUT2D eigenvalue weighted by Crippen LogP contribution is -2.29. The van der Waals surface area contributed by atoms with Crippen LogP contribution >= 0.6 is 0 Å². The molecule has 3 rings (SSSR count). The second-order valence-electron chi connectivity index (χ2n) is 5.09. The van der Waals surface area contributed by atoms with Crippen LogP contribution in [0.3, 0.4) is 0 Å². The molecule has 1 aliphatic rings. The van der Waals surface area contributed by atoms with Crippen molar-refractivity contribution in [2.75, 3.05) is 4.90 Å². The summed E-state index contributed by atoms with van der Waals surface area (Å²) in [6, 6.07) is 3.61. The van der Waals surface area contributed by atoms with Crippen molar-refractivity contribution in [2.24, 2.45) is 0 Å². The molecule has 2 heterocycles. The summed E-state index contributed by atoms with van der Waals surface area (Å²) in [6.07, 6.45) is 0. The molecule has 0 N–H and O–H groups in total. The van der Waals surface area contributed by atoms with E-state index in [2.05, 4.69) is 10.1 Å². The molecule has 1 amide bonds. The van der Waals surface area contributed by atoms with Gasteiger partial charge in [0.1, 0.15) is 5.82 Å². The number of hydrogen-bond donors (Lipinski definition) is 0. The summed E-state index contributed by atoms with van der Waals surface area (Å²) in [5, 5.41) is 3.77. The molecule has 0 saturated carbocycles. The van der Waals surface area contributed by atoms with Crippen LogP contribution < -0.4 is 4.90 Å². The monoisotopic (exact) mass is 289 g/mol. The Balaban J connectivity index is 1.94. The van der Waals surface area contributed by atoms with Gasteiger partial charge in [0, 0.05) is 5.92 Å². The highest BCUT2D eigenvalue weighted by Gasteiger charge is 2.36. The number of benzene rings is 1. The lowest BCUT2D eigenvalue weighted by Gasteiger charge is -2.13. The number of carbonyl (C=O) groups excluding carboxylic acids is 2. The van der Waals surface area contributed by atoms with Gasteiger partial charge in [0.05, 0.1) is 17.8 Å². The predicted molar refractivity (Wildman–Crippen MR) is 70.3 cm³/mol. The molecule has 0 radical (unpaired) electrons. The smallest absolute Gasteiger partial charge is 0.299 e. The fourth-order valence-electron chi connectivity index (χ4n) is 2.13. The first-order valence-electron chi connectivity index (χ1n) is 6.45. The Kier molecular flexibility index (Phi) is 3.04. The lowest BCUT2D eigenvalue weighted by atomic mass is 10.1. The minimum atomic E-state index is -0.716. The minimum absolute atomic E-state index is 0.0305. The van der Waals surface area contributed by atoms with Gasteiger partial charge in [-0.25, -0.2) is 4.39 Å². The molecule has 21 heavy (non-hydrogen) atoms. The Morgan fingerprint density at radius 3 is 2.76 bits per heavy atom. The van der Waals surface area contributed by atoms with Gasteiger partial charge < -0.3 is 4.52 Å². The van der Waals surface area contributed by atoms with Gasteiger partial charge >= 0.3 is 0 Å². The number of halogens is 1. The number of fused-ring (bicyclic) bond motifs is 1. The van der Waals surface area contributed by atoms with Gasteiger partial charge in [0.25, 0.3) is 11.7 Å². The van der Waals surface area contributed by atoms with Gasteiger partial charge in [-0.3, -0.25) is 14.5 Å². The molecule has 1 aromatic carbocycles. The van der Waals surface area contributed by atoms with Crippen molar-refractivity contribution >= 4 is 17.4 Å². The molecule has 6 nitrogen and oxygen atoms in total. The van der Waals surface area contributed by atoms with Crippen molar-refractivity contribution in [3.63, 3.8) is 0 Å². The summed E-state index contributed by atoms with van der Waals surface area (Å²) < 4.78 is 18.4. The predicted octanol–water partition coefficient (Wildman–Crippen LogP) is 2.06. The molecule has 1 aromatic heterocycles. The third-order valence-electron chi connectivity index (χ3n) is 3.21. The van der Waals surface area contributed by atoms with Gasteiger partial charge in [-0.15, -0.1) is 0 Å². The first-order chi connectivity index (χ1) is 9.97. The molecular weight excluding hydrogens is 277 g/mol. The number of carbonyl (C=O) groups is 2. The average Bonchev–Trinajstić information content (AvgIpc) is 2.99. The highest BCUT2D eigenvalue weighted by Crippen LogP contribution is 2.30. The van der Waals surface area contributed by atoms with E-state index in [1.807, 2.05) is 13.8 Å². The van der Waals surface area contributed by atoms with Gasteiger partial charge in [0.15, 0.2) is 5.82 Å². The number of rotatable bonds is 3. The molecular formula is C14H12FN3O3. The highest BCUT2D eigenvalue weighted by molar-refractivity contribution is 6.52. The van der Waals surface area contributed by atoms with Gasteiger partial charge in [0.2, 0.25) is 5.89 Å². The van der Waals surface area contributed by atoms with E-state index < -0.39 is 17.5 Å². The number of anilines is 1. The largest absolute Gasteiger partial charge is 0.339 e. The maximum Gasteiger partial charge on any atom is 0.299 e. The van der Waals surface area contributed by atoms with E-state index in [-0.39, 0.29) is 29.5 Å². The van der Waals surface area contributed by atoms with Gasteiger partial charge in [-0.05, 0) is 18.2 Å². The van der Waals surface area contributed by atoms with Crippen LogP contribution in [0.2, 0.25) is 0 Å². The third-order valence-corrected chi connectivity index (χ3v) is 3.21. The van der Waals surface area contributed by atoms with Crippen LogP contribution in [0.4, 0.5) is 10.1 Å². The summed E-state index contributed by atoms with van der Waals surface area (Å²) >= 11 is 0. The fraction of sp³-hybridized carbons (Fsp3) is 0.286. The second-order valence-corrected chi connectivity index (χ2v) is 5.09. The molecule has 0 spiro atoms. The zero-order valence-electron chi connectivity index (χ0n) is 11.5. The zero-order chi connectivity index (χ0) is 15.1. The molecule has 2 aromatic rings. The van der Waals surface area contributed by atoms with Crippen molar-refractivity contribution < 1.29 is 18.5 Å². The normalized spacial score (nSPS) is 14.2. The molecule has 0 fully saturated rings. The summed E-state index contributed by atoms with van der Waals surface area (Å²) in [5.74, 6) is -1.10. The maximum absolute atomic E-state index is 13.3. The minimum Gasteiger partial charge on any atom is -0.339 e. The zero-order valence-corrected chi connectivity index (χ0v) is 11.5. The number of Topliss-reactive ketones (excluding diaryl/α,β-unsaturated/α-hetero) is 1. The first kappa shape index (κ1) is 13.4. The molecule has 0 unspecified atom stereocenters. The topological polar surface area (TPSA) is 76.3 Å². The van der Waals surface area contributed by atoms with Gasteiger partial charge in [-0.2, -0.15) is 4.98 Å². The number of nitrogens with zero attached hydrogens (tertiary/aromatic N) is 3. The van der Waals surface area contributed by atoms with E-state index in [0.717, 1.165) is 17.0 Å². The Hall–Kier alpha value is -2.57. The number of amides is 1. The number of ketones is 1. The van der Waals surface area contributed by atoms with E-state index in [4.69, 9.17) is 4.52 Å². The molecule has 0 atom stereocenters. The molecule has 7 heteroatoms. The van der Waals surface area contributed by atoms with Crippen molar-refractivity contribution in [1.29, 1.82) is 0 Å². The number of aromatic nitrogens is 2. The SMILES string of the molecule is CC(C)c1nc(CN2C(=O)C(=O)c3ccc(F)cc32)no1. The molecule has 1 aliphatic heterocycles. The van der Waals surface area contributed by atoms with Crippen LogP contribution in [0.5, 0.6) is 0 Å². The van der Waals surface area contributed by atoms with E-state index in [1.165, 1.54) is 6.07 Å². The highest BCUT2D eigenvalue weighted by atomic mass is 19.1. The molecule has 108 valence electrons. The van der Waals surface area contributed by atoms with Crippen LogP contribution in [0.1, 0.15) is 41.8 Å². The fourth-order valence-corrected chi connectivity index (χ4v) is 2.13. The summed E-state index contributed by atoms with van der Waals surface area (Å²) in [4.78, 5) is 29.1. The summed E-state index contributed by atoms with van der Waals surface area (Å²) in [7, 11) is 0. The quantitative estimate of drug-likeness (QED) is 0.808. The van der Waals surface area contributed by atoms with E-state index in [1.54, 1.807) is 0 Å². The Bertz CT molecular complexity index is 739.